The summed E-state index contributed by atoms with van der Waals surface area (Å²) in [6.45, 7) is 13.4. The van der Waals surface area contributed by atoms with Gasteiger partial charge in [-0.05, 0) is 72.1 Å². The molecule has 1 fully saturated rings. The Morgan fingerprint density at radius 3 is 2.41 bits per heavy atom. The van der Waals surface area contributed by atoms with Crippen molar-refractivity contribution in [3.8, 4) is 11.5 Å². The number of hydrogen-bond donors (Lipinski definition) is 1. The molecule has 10 heteroatoms. The van der Waals surface area contributed by atoms with Crippen LogP contribution in [0.4, 0.5) is 4.79 Å². The van der Waals surface area contributed by atoms with Gasteiger partial charge in [0.2, 0.25) is 5.91 Å². The number of rotatable bonds is 14. The number of carbonyl (C=O) groups excluding carboxylic acids is 3. The smallest absolute Gasteiger partial charge is 0.410 e. The number of piperidine rings is 1. The lowest BCUT2D eigenvalue weighted by Crippen LogP contribution is -2.58. The Balaban J connectivity index is 2.28. The Morgan fingerprint density at radius 2 is 1.80 bits per heavy atom. The number of benzene rings is 1. The predicted molar refractivity (Wildman–Crippen MR) is 159 cm³/mol. The summed E-state index contributed by atoms with van der Waals surface area (Å²) in [5.74, 6) is 0.799. The van der Waals surface area contributed by atoms with Crippen molar-refractivity contribution < 1.29 is 33.3 Å². The first-order chi connectivity index (χ1) is 19.4. The third-order valence-corrected chi connectivity index (χ3v) is 6.93. The van der Waals surface area contributed by atoms with E-state index in [9.17, 15) is 14.4 Å². The van der Waals surface area contributed by atoms with Gasteiger partial charge in [0, 0.05) is 57.3 Å². The van der Waals surface area contributed by atoms with E-state index in [-0.39, 0.29) is 42.9 Å². The molecule has 1 aliphatic rings. The van der Waals surface area contributed by atoms with Crippen molar-refractivity contribution in [3.05, 3.63) is 23.8 Å². The van der Waals surface area contributed by atoms with Gasteiger partial charge in [-0.15, -0.1) is 0 Å². The molecule has 0 spiro atoms. The fourth-order valence-corrected chi connectivity index (χ4v) is 4.96. The van der Waals surface area contributed by atoms with Crippen molar-refractivity contribution in [1.29, 1.82) is 0 Å². The maximum absolute atomic E-state index is 13.9. The van der Waals surface area contributed by atoms with Gasteiger partial charge in [-0.1, -0.05) is 13.3 Å². The van der Waals surface area contributed by atoms with Crippen LogP contribution in [0.25, 0.3) is 0 Å². The number of unbranched alkanes of at least 4 members (excludes halogenated alkanes) is 1. The number of carbonyl (C=O) groups is 3. The molecule has 1 saturated heterocycles. The van der Waals surface area contributed by atoms with Gasteiger partial charge >= 0.3 is 6.09 Å². The Kier molecular flexibility index (Phi) is 13.7. The Morgan fingerprint density at radius 1 is 1.07 bits per heavy atom. The number of likely N-dealkylation sites (tertiary alicyclic amines) is 1. The average molecular weight is 578 g/mol. The molecule has 0 aliphatic carbocycles. The summed E-state index contributed by atoms with van der Waals surface area (Å²) in [6.07, 6.45) is 3.57. The first-order valence-corrected chi connectivity index (χ1v) is 14.8. The lowest BCUT2D eigenvalue weighted by Gasteiger charge is -2.45. The van der Waals surface area contributed by atoms with Crippen LogP contribution in [0.2, 0.25) is 0 Å². The quantitative estimate of drug-likeness (QED) is 0.309. The molecule has 0 radical (unpaired) electrons. The third-order valence-electron chi connectivity index (χ3n) is 6.93. The molecule has 1 heterocycles. The topological polar surface area (TPSA) is 107 Å². The Hall–Kier alpha value is -3.01. The number of amides is 3. The summed E-state index contributed by atoms with van der Waals surface area (Å²) in [6, 6.07) is 4.49. The summed E-state index contributed by atoms with van der Waals surface area (Å²) in [7, 11) is 3.20. The average Bonchev–Trinajstić information content (AvgIpc) is 2.90. The summed E-state index contributed by atoms with van der Waals surface area (Å²) >= 11 is 0. The fraction of sp³-hybridized carbons (Fsp3) is 0.710. The van der Waals surface area contributed by atoms with E-state index in [2.05, 4.69) is 12.2 Å². The zero-order valence-electron chi connectivity index (χ0n) is 26.3. The van der Waals surface area contributed by atoms with Gasteiger partial charge in [0.1, 0.15) is 5.60 Å². The molecule has 232 valence electrons. The van der Waals surface area contributed by atoms with E-state index in [0.29, 0.717) is 56.1 Å². The highest BCUT2D eigenvalue weighted by Gasteiger charge is 2.39. The molecule has 2 atom stereocenters. The van der Waals surface area contributed by atoms with Crippen molar-refractivity contribution in [2.45, 2.75) is 104 Å². The van der Waals surface area contributed by atoms with Gasteiger partial charge in [0.05, 0.1) is 19.8 Å². The van der Waals surface area contributed by atoms with Gasteiger partial charge in [-0.3, -0.25) is 9.59 Å². The second-order valence-corrected chi connectivity index (χ2v) is 11.8. The van der Waals surface area contributed by atoms with Crippen LogP contribution >= 0.6 is 0 Å². The van der Waals surface area contributed by atoms with Gasteiger partial charge < -0.3 is 34.1 Å². The van der Waals surface area contributed by atoms with Crippen molar-refractivity contribution in [2.75, 3.05) is 40.5 Å². The normalized spacial score (nSPS) is 17.2. The molecule has 3 amide bonds. The monoisotopic (exact) mass is 577 g/mol. The number of nitrogens with zero attached hydrogens (tertiary/aromatic N) is 2. The first kappa shape index (κ1) is 34.2. The van der Waals surface area contributed by atoms with Crippen LogP contribution in [0.15, 0.2) is 18.2 Å². The minimum Gasteiger partial charge on any atom is -0.493 e. The van der Waals surface area contributed by atoms with E-state index in [4.69, 9.17) is 18.9 Å². The number of ether oxygens (including phenoxy) is 4. The molecule has 1 N–H and O–H groups in total. The predicted octanol–water partition coefficient (Wildman–Crippen LogP) is 5.04. The highest BCUT2D eigenvalue weighted by molar-refractivity contribution is 5.95. The van der Waals surface area contributed by atoms with Gasteiger partial charge in [0.15, 0.2) is 11.5 Å². The summed E-state index contributed by atoms with van der Waals surface area (Å²) in [5.41, 5.74) is -0.212. The van der Waals surface area contributed by atoms with Crippen LogP contribution in [0, 0.1) is 0 Å². The van der Waals surface area contributed by atoms with Crippen LogP contribution in [0.3, 0.4) is 0 Å². The first-order valence-electron chi connectivity index (χ1n) is 14.8. The number of methoxy groups -OCH3 is 2. The SMILES string of the molecule is CCCCNC(=O)C[C@H]1CC[C@@H](N(C(=O)c2ccc(OC)c(OCCCOC)c2)C(C)C)CN1C(=O)OC(C)(C)C. The summed E-state index contributed by atoms with van der Waals surface area (Å²) < 4.78 is 22.2. The molecule has 0 bridgehead atoms. The van der Waals surface area contributed by atoms with E-state index in [0.717, 1.165) is 12.8 Å². The van der Waals surface area contributed by atoms with Crippen molar-refractivity contribution >= 4 is 17.9 Å². The van der Waals surface area contributed by atoms with Crippen LogP contribution < -0.4 is 14.8 Å². The molecule has 1 aromatic carbocycles. The molecular weight excluding hydrogens is 526 g/mol. The van der Waals surface area contributed by atoms with E-state index in [1.54, 1.807) is 37.3 Å². The molecule has 2 rings (SSSR count). The van der Waals surface area contributed by atoms with Crippen molar-refractivity contribution in [2.24, 2.45) is 0 Å². The highest BCUT2D eigenvalue weighted by Crippen LogP contribution is 2.31. The molecule has 0 unspecified atom stereocenters. The Bertz CT molecular complexity index is 992. The second kappa shape index (κ2) is 16.4. The molecular formula is C31H51N3O7. The van der Waals surface area contributed by atoms with Crippen molar-refractivity contribution in [1.82, 2.24) is 15.1 Å². The molecule has 1 aromatic rings. The lowest BCUT2D eigenvalue weighted by molar-refractivity contribution is -0.122. The summed E-state index contributed by atoms with van der Waals surface area (Å²) in [5, 5.41) is 2.96. The van der Waals surface area contributed by atoms with Crippen LogP contribution in [0.5, 0.6) is 11.5 Å². The van der Waals surface area contributed by atoms with Gasteiger partial charge in [-0.25, -0.2) is 4.79 Å². The minimum absolute atomic E-state index is 0.0801. The van der Waals surface area contributed by atoms with Gasteiger partial charge in [-0.2, -0.15) is 0 Å². The van der Waals surface area contributed by atoms with E-state index >= 15 is 0 Å². The molecule has 10 nitrogen and oxygen atoms in total. The van der Waals surface area contributed by atoms with E-state index in [1.165, 1.54) is 0 Å². The van der Waals surface area contributed by atoms with Crippen molar-refractivity contribution in [3.63, 3.8) is 0 Å². The number of hydrogen-bond acceptors (Lipinski definition) is 7. The van der Waals surface area contributed by atoms with E-state index < -0.39 is 11.7 Å². The number of nitrogens with one attached hydrogen (secondary N) is 1. The fourth-order valence-electron chi connectivity index (χ4n) is 4.96. The zero-order chi connectivity index (χ0) is 30.6. The van der Waals surface area contributed by atoms with Gasteiger partial charge in [0.25, 0.3) is 5.91 Å². The standard InChI is InChI=1S/C31H51N3O7/c1-9-10-16-32-28(35)20-24-13-14-25(21-33(24)30(37)41-31(4,5)6)34(22(2)3)29(36)23-12-15-26(39-8)27(19-23)40-18-11-17-38-7/h12,15,19,22,24-25H,9-11,13-14,16-18,20-21H2,1-8H3,(H,32,35)/t24-,25-/m1/s1. The van der Waals surface area contributed by atoms with Crippen LogP contribution in [-0.4, -0.2) is 92.0 Å². The zero-order valence-corrected chi connectivity index (χ0v) is 26.3. The van der Waals surface area contributed by atoms with E-state index in [1.807, 2.05) is 39.5 Å². The minimum atomic E-state index is -0.686. The Labute approximate surface area is 246 Å². The molecule has 41 heavy (non-hydrogen) atoms. The lowest BCUT2D eigenvalue weighted by atomic mass is 9.93. The maximum atomic E-state index is 13.9. The second-order valence-electron chi connectivity index (χ2n) is 11.8. The van der Waals surface area contributed by atoms with Crippen LogP contribution in [-0.2, 0) is 14.3 Å². The third kappa shape index (κ3) is 10.7. The van der Waals surface area contributed by atoms with Crippen LogP contribution in [0.1, 0.15) is 90.4 Å². The molecule has 0 aromatic heterocycles. The molecule has 1 aliphatic heterocycles. The molecule has 0 saturated carbocycles. The summed E-state index contributed by atoms with van der Waals surface area (Å²) in [4.78, 5) is 43.4. The highest BCUT2D eigenvalue weighted by atomic mass is 16.6. The largest absolute Gasteiger partial charge is 0.493 e. The maximum Gasteiger partial charge on any atom is 0.410 e.